The second-order valence-corrected chi connectivity index (χ2v) is 15.0. The molecule has 0 unspecified atom stereocenters. The van der Waals surface area contributed by atoms with Crippen molar-refractivity contribution in [1.82, 2.24) is 25.6 Å². The first-order valence-electron chi connectivity index (χ1n) is 16.4. The minimum Gasteiger partial charge on any atom is -0.388 e. The third-order valence-corrected chi connectivity index (χ3v) is 11.2. The van der Waals surface area contributed by atoms with Gasteiger partial charge in [-0.15, -0.1) is 16.9 Å². The second-order valence-electron chi connectivity index (χ2n) is 13.7. The summed E-state index contributed by atoms with van der Waals surface area (Å²) in [5.74, 6) is 0.569. The number of carbonyl (C=O) groups is 1. The van der Waals surface area contributed by atoms with Crippen molar-refractivity contribution in [1.29, 1.82) is 0 Å². The summed E-state index contributed by atoms with van der Waals surface area (Å²) in [5, 5.41) is 47.9. The molecule has 1 aromatic heterocycles. The smallest absolute Gasteiger partial charge is 0.240 e. The predicted octanol–water partition coefficient (Wildman–Crippen LogP) is 2.50. The zero-order valence-electron chi connectivity index (χ0n) is 26.5. The maximum absolute atomic E-state index is 13.9. The van der Waals surface area contributed by atoms with Gasteiger partial charge in [0.2, 0.25) is 5.91 Å². The number of amides is 1. The fourth-order valence-corrected chi connectivity index (χ4v) is 8.72. The average molecular weight is 660 g/mol. The molecule has 46 heavy (non-hydrogen) atoms. The molecular formula is C33H46FN5O6S. The van der Waals surface area contributed by atoms with Crippen LogP contribution in [0.3, 0.4) is 0 Å². The first-order chi connectivity index (χ1) is 22.1. The number of benzene rings is 1. The molecule has 0 radical (unpaired) electrons. The van der Waals surface area contributed by atoms with Crippen LogP contribution in [0.5, 0.6) is 0 Å². The lowest BCUT2D eigenvalue weighted by Gasteiger charge is -2.45. The van der Waals surface area contributed by atoms with Crippen molar-refractivity contribution >= 4 is 17.7 Å². The van der Waals surface area contributed by atoms with Gasteiger partial charge in [0.1, 0.15) is 41.7 Å². The summed E-state index contributed by atoms with van der Waals surface area (Å²) in [7, 11) is 0. The van der Waals surface area contributed by atoms with Gasteiger partial charge in [0.05, 0.1) is 35.0 Å². The van der Waals surface area contributed by atoms with E-state index in [4.69, 9.17) is 9.47 Å². The lowest BCUT2D eigenvalue weighted by molar-refractivity contribution is -0.207. The summed E-state index contributed by atoms with van der Waals surface area (Å²) in [5.41, 5.74) is 0.346. The predicted molar refractivity (Wildman–Crippen MR) is 170 cm³/mol. The Morgan fingerprint density at radius 1 is 1.17 bits per heavy atom. The normalized spacial score (nSPS) is 39.0. The van der Waals surface area contributed by atoms with E-state index in [1.165, 1.54) is 23.9 Å². The van der Waals surface area contributed by atoms with Gasteiger partial charge < -0.3 is 35.4 Å². The van der Waals surface area contributed by atoms with Gasteiger partial charge in [0.25, 0.3) is 0 Å². The summed E-state index contributed by atoms with van der Waals surface area (Å²) >= 11 is 1.27. The van der Waals surface area contributed by atoms with Crippen molar-refractivity contribution in [2.45, 2.75) is 99.7 Å². The van der Waals surface area contributed by atoms with E-state index >= 15 is 0 Å². The van der Waals surface area contributed by atoms with E-state index in [0.29, 0.717) is 42.8 Å². The number of rotatable bonds is 6. The standard InChI is InChI=1S/C33H46FN5O6S/c1-17(2)13-19-11-12-44-30-20(14-19)15-35-26(30)32(43)36-25-18(3)5-4-6-24(46-33-29(42)27(40)28(41)31(25)45-33)23-16-39(38-37-23)22-9-7-21(34)8-10-22/h4-5,7-10,16-20,24-31,33,35,40-42H,6,11-15H2,1-3H3,(H,36,43)/b5-4-/t18-,19+,20+,24+,25-,26+,27+,28-,29-,30-,31-,33-/m1/s1. The summed E-state index contributed by atoms with van der Waals surface area (Å²) in [4.78, 5) is 13.9. The number of aliphatic hydroxyl groups is 3. The third-order valence-electron chi connectivity index (χ3n) is 9.81. The number of thioether (sulfide) groups is 1. The largest absolute Gasteiger partial charge is 0.388 e. The number of fused-ring (bicyclic) bond motifs is 3. The molecule has 2 bridgehead atoms. The summed E-state index contributed by atoms with van der Waals surface area (Å²) < 4.78 is 27.6. The average Bonchev–Trinajstić information content (AvgIpc) is 3.62. The van der Waals surface area contributed by atoms with Crippen LogP contribution in [0.15, 0.2) is 42.6 Å². The highest BCUT2D eigenvalue weighted by atomic mass is 32.2. The Morgan fingerprint density at radius 3 is 2.72 bits per heavy atom. The van der Waals surface area contributed by atoms with Crippen molar-refractivity contribution in [3.8, 4) is 5.69 Å². The maximum Gasteiger partial charge on any atom is 0.240 e. The number of aliphatic hydroxyl groups excluding tert-OH is 3. The molecule has 0 spiro atoms. The Morgan fingerprint density at radius 2 is 1.96 bits per heavy atom. The Hall–Kier alpha value is -2.39. The van der Waals surface area contributed by atoms with Crippen LogP contribution in [0.4, 0.5) is 4.39 Å². The van der Waals surface area contributed by atoms with Crippen LogP contribution in [0.1, 0.15) is 57.4 Å². The van der Waals surface area contributed by atoms with Gasteiger partial charge in [-0.1, -0.05) is 38.1 Å². The fraction of sp³-hybridized carbons (Fsp3) is 0.667. The SMILES string of the molecule is CC(C)C[C@@H]1CCO[C@@H]2[C@H](CN[C@@H]2C(=O)N[C@H]2[C@H]3O[C@H](S[C@H](c4cn(-c5ccc(F)cc5)nn4)C/C=C\[C@H]2C)[C@H](O)[C@@H](O)[C@H]3O)C1. The van der Waals surface area contributed by atoms with Gasteiger partial charge in [0, 0.05) is 13.2 Å². The van der Waals surface area contributed by atoms with Gasteiger partial charge in [-0.2, -0.15) is 0 Å². The number of nitrogens with zero attached hydrogens (tertiary/aromatic N) is 3. The topological polar surface area (TPSA) is 151 Å². The fourth-order valence-electron chi connectivity index (χ4n) is 7.41. The highest BCUT2D eigenvalue weighted by Crippen LogP contribution is 2.42. The highest BCUT2D eigenvalue weighted by molar-refractivity contribution is 8.00. The molecule has 0 aliphatic carbocycles. The molecule has 4 aliphatic rings. The lowest BCUT2D eigenvalue weighted by Crippen LogP contribution is -2.65. The molecule has 1 amide bonds. The minimum atomic E-state index is -1.49. The summed E-state index contributed by atoms with van der Waals surface area (Å²) in [6, 6.07) is 4.69. The van der Waals surface area contributed by atoms with E-state index in [-0.39, 0.29) is 34.9 Å². The maximum atomic E-state index is 13.9. The zero-order chi connectivity index (χ0) is 32.5. The lowest BCUT2D eigenvalue weighted by atomic mass is 9.85. The van der Waals surface area contributed by atoms with Crippen molar-refractivity contribution in [3.63, 3.8) is 0 Å². The number of carbonyl (C=O) groups excluding carboxylic acids is 1. The van der Waals surface area contributed by atoms with Crippen LogP contribution >= 0.6 is 11.8 Å². The molecule has 6 rings (SSSR count). The van der Waals surface area contributed by atoms with Gasteiger partial charge in [0.15, 0.2) is 0 Å². The van der Waals surface area contributed by atoms with Gasteiger partial charge in [-0.3, -0.25) is 4.79 Å². The Kier molecular flexibility index (Phi) is 10.5. The van der Waals surface area contributed by atoms with E-state index < -0.39 is 41.9 Å². The van der Waals surface area contributed by atoms with Crippen LogP contribution < -0.4 is 10.6 Å². The molecule has 13 heteroatoms. The minimum absolute atomic E-state index is 0.229. The summed E-state index contributed by atoms with van der Waals surface area (Å²) in [6.07, 6.45) is 3.87. The monoisotopic (exact) mass is 659 g/mol. The zero-order valence-corrected chi connectivity index (χ0v) is 27.3. The van der Waals surface area contributed by atoms with Crippen molar-refractivity contribution in [2.75, 3.05) is 13.2 Å². The number of halogens is 1. The molecule has 3 fully saturated rings. The molecule has 4 aliphatic heterocycles. The molecule has 3 saturated heterocycles. The van der Waals surface area contributed by atoms with Gasteiger partial charge >= 0.3 is 0 Å². The van der Waals surface area contributed by atoms with Gasteiger partial charge in [-0.05, 0) is 73.6 Å². The van der Waals surface area contributed by atoms with E-state index in [1.54, 1.807) is 23.0 Å². The van der Waals surface area contributed by atoms with E-state index in [0.717, 1.165) is 19.3 Å². The molecule has 12 atom stereocenters. The van der Waals surface area contributed by atoms with Crippen LogP contribution in [0.25, 0.3) is 5.69 Å². The highest BCUT2D eigenvalue weighted by Gasteiger charge is 2.50. The Labute approximate surface area is 273 Å². The van der Waals surface area contributed by atoms with Crippen LogP contribution in [-0.4, -0.2) is 97.4 Å². The van der Waals surface area contributed by atoms with Crippen molar-refractivity contribution in [2.24, 2.45) is 23.7 Å². The molecule has 5 heterocycles. The molecule has 1 aromatic carbocycles. The molecule has 0 saturated carbocycles. The van der Waals surface area contributed by atoms with E-state index in [2.05, 4.69) is 34.8 Å². The molecule has 2 aromatic rings. The van der Waals surface area contributed by atoms with Crippen molar-refractivity contribution in [3.05, 3.63) is 54.1 Å². The second kappa shape index (κ2) is 14.4. The van der Waals surface area contributed by atoms with E-state index in [1.807, 2.05) is 19.1 Å². The number of nitrogens with one attached hydrogen (secondary N) is 2. The molecule has 11 nitrogen and oxygen atoms in total. The van der Waals surface area contributed by atoms with Crippen LogP contribution in [0.2, 0.25) is 0 Å². The Balaban J connectivity index is 1.20. The van der Waals surface area contributed by atoms with E-state index in [9.17, 15) is 24.5 Å². The molecule has 252 valence electrons. The number of aromatic nitrogens is 3. The number of hydrogen-bond donors (Lipinski definition) is 5. The van der Waals surface area contributed by atoms with Gasteiger partial charge in [-0.25, -0.2) is 9.07 Å². The van der Waals surface area contributed by atoms with Crippen LogP contribution in [0, 0.1) is 29.5 Å². The van der Waals surface area contributed by atoms with Crippen LogP contribution in [-0.2, 0) is 14.3 Å². The first kappa shape index (κ1) is 33.5. The quantitative estimate of drug-likeness (QED) is 0.293. The summed E-state index contributed by atoms with van der Waals surface area (Å²) in [6.45, 7) is 7.74. The molecule has 5 N–H and O–H groups in total. The Bertz CT molecular complexity index is 1360. The number of hydrogen-bond acceptors (Lipinski definition) is 10. The number of allylic oxidation sites excluding steroid dienone is 1. The molecular weight excluding hydrogens is 613 g/mol. The third kappa shape index (κ3) is 7.20. The van der Waals surface area contributed by atoms with Crippen molar-refractivity contribution < 1.29 is 34.0 Å². The number of ether oxygens (including phenoxy) is 2. The first-order valence-corrected chi connectivity index (χ1v) is 17.4.